The molecule has 110 valence electrons. The second kappa shape index (κ2) is 7.02. The van der Waals surface area contributed by atoms with E-state index < -0.39 is 12.0 Å². The highest BCUT2D eigenvalue weighted by Crippen LogP contribution is 2.28. The first kappa shape index (κ1) is 15.2. The maximum absolute atomic E-state index is 10.8. The van der Waals surface area contributed by atoms with Gasteiger partial charge < -0.3 is 15.6 Å². The summed E-state index contributed by atoms with van der Waals surface area (Å²) < 4.78 is 5.81. The van der Waals surface area contributed by atoms with Crippen LogP contribution in [-0.4, -0.2) is 23.7 Å². The third-order valence-corrected chi connectivity index (χ3v) is 3.33. The molecule has 0 aromatic heterocycles. The van der Waals surface area contributed by atoms with Crippen molar-refractivity contribution in [2.75, 3.05) is 6.61 Å². The first-order valence-corrected chi connectivity index (χ1v) is 6.80. The predicted octanol–water partition coefficient (Wildman–Crippen LogP) is 2.51. The molecule has 0 amide bonds. The Kier molecular flexibility index (Phi) is 5.09. The molecule has 0 saturated carbocycles. The lowest BCUT2D eigenvalue weighted by Crippen LogP contribution is -2.35. The number of carboxylic acid groups (broad SMARTS) is 1. The van der Waals surface area contributed by atoms with Crippen LogP contribution in [-0.2, 0) is 9.53 Å². The van der Waals surface area contributed by atoms with Crippen molar-refractivity contribution in [3.63, 3.8) is 0 Å². The van der Waals surface area contributed by atoms with Crippen molar-refractivity contribution in [2.45, 2.75) is 19.1 Å². The minimum absolute atomic E-state index is 0.0385. The lowest BCUT2D eigenvalue weighted by molar-refractivity contribution is -0.140. The topological polar surface area (TPSA) is 72.5 Å². The first-order chi connectivity index (χ1) is 10.1. The molecule has 0 unspecified atom stereocenters. The van der Waals surface area contributed by atoms with Crippen LogP contribution in [0.2, 0.25) is 0 Å². The van der Waals surface area contributed by atoms with E-state index >= 15 is 0 Å². The number of aliphatic carboxylic acids is 1. The van der Waals surface area contributed by atoms with Gasteiger partial charge in [0.25, 0.3) is 0 Å². The van der Waals surface area contributed by atoms with Gasteiger partial charge in [-0.1, -0.05) is 54.6 Å². The number of hydrogen-bond acceptors (Lipinski definition) is 3. The molecule has 0 aliphatic rings. The summed E-state index contributed by atoms with van der Waals surface area (Å²) in [6, 6.07) is 16.6. The molecule has 2 rings (SSSR count). The fourth-order valence-electron chi connectivity index (χ4n) is 2.15. The highest BCUT2D eigenvalue weighted by Gasteiger charge is 2.20. The van der Waals surface area contributed by atoms with E-state index in [0.29, 0.717) is 0 Å². The lowest BCUT2D eigenvalue weighted by Gasteiger charge is -2.21. The number of carboxylic acids is 1. The van der Waals surface area contributed by atoms with E-state index in [-0.39, 0.29) is 12.7 Å². The Morgan fingerprint density at radius 3 is 2.38 bits per heavy atom. The maximum Gasteiger partial charge on any atom is 0.322 e. The van der Waals surface area contributed by atoms with Crippen LogP contribution >= 0.6 is 0 Å². The average Bonchev–Trinajstić information content (AvgIpc) is 2.50. The first-order valence-electron chi connectivity index (χ1n) is 6.80. The molecule has 0 spiro atoms. The number of rotatable bonds is 6. The molecule has 2 aromatic rings. The summed E-state index contributed by atoms with van der Waals surface area (Å²) in [6.07, 6.45) is -0.321. The molecule has 0 heterocycles. The van der Waals surface area contributed by atoms with Gasteiger partial charge in [-0.2, -0.15) is 0 Å². The fourth-order valence-corrected chi connectivity index (χ4v) is 2.15. The van der Waals surface area contributed by atoms with Gasteiger partial charge in [0.05, 0.1) is 6.61 Å². The second-order valence-corrected chi connectivity index (χ2v) is 4.93. The van der Waals surface area contributed by atoms with Gasteiger partial charge in [-0.3, -0.25) is 4.79 Å². The third-order valence-electron chi connectivity index (χ3n) is 3.33. The van der Waals surface area contributed by atoms with Crippen LogP contribution < -0.4 is 5.73 Å². The van der Waals surface area contributed by atoms with E-state index in [0.717, 1.165) is 16.7 Å². The molecular weight excluding hydrogens is 266 g/mol. The molecule has 2 atom stereocenters. The van der Waals surface area contributed by atoms with Crippen LogP contribution in [0.4, 0.5) is 0 Å². The van der Waals surface area contributed by atoms with Crippen LogP contribution in [0, 0.1) is 6.92 Å². The van der Waals surface area contributed by atoms with Gasteiger partial charge in [0.2, 0.25) is 0 Å². The zero-order valence-corrected chi connectivity index (χ0v) is 11.9. The van der Waals surface area contributed by atoms with Crippen molar-refractivity contribution < 1.29 is 14.6 Å². The zero-order chi connectivity index (χ0) is 15.2. The Balaban J connectivity index is 2.28. The van der Waals surface area contributed by atoms with Crippen LogP contribution in [0.5, 0.6) is 0 Å². The Morgan fingerprint density at radius 2 is 1.76 bits per heavy atom. The zero-order valence-electron chi connectivity index (χ0n) is 11.9. The van der Waals surface area contributed by atoms with Crippen LogP contribution in [0.3, 0.4) is 0 Å². The van der Waals surface area contributed by atoms with Crippen molar-refractivity contribution in [3.8, 4) is 0 Å². The average molecular weight is 285 g/mol. The number of ether oxygens (including phenoxy) is 1. The van der Waals surface area contributed by atoms with Gasteiger partial charge in [0.1, 0.15) is 12.1 Å². The van der Waals surface area contributed by atoms with E-state index in [1.807, 2.05) is 61.5 Å². The molecule has 3 N–H and O–H groups in total. The van der Waals surface area contributed by atoms with Gasteiger partial charge in [0.15, 0.2) is 0 Å². The van der Waals surface area contributed by atoms with E-state index in [9.17, 15) is 4.79 Å². The monoisotopic (exact) mass is 285 g/mol. The van der Waals surface area contributed by atoms with Gasteiger partial charge in [-0.25, -0.2) is 0 Å². The molecule has 0 radical (unpaired) electrons. The highest BCUT2D eigenvalue weighted by molar-refractivity contribution is 5.73. The van der Waals surface area contributed by atoms with Gasteiger partial charge in [-0.15, -0.1) is 0 Å². The van der Waals surface area contributed by atoms with Gasteiger partial charge in [0, 0.05) is 0 Å². The largest absolute Gasteiger partial charge is 0.480 e. The maximum atomic E-state index is 10.8. The number of hydrogen-bond donors (Lipinski definition) is 2. The van der Waals surface area contributed by atoms with Gasteiger partial charge >= 0.3 is 5.97 Å². The molecule has 0 bridgehead atoms. The summed E-state index contributed by atoms with van der Waals surface area (Å²) in [5.41, 5.74) is 8.62. The molecule has 0 saturated heterocycles. The molecular formula is C17H19NO3. The van der Waals surface area contributed by atoms with E-state index in [1.54, 1.807) is 0 Å². The van der Waals surface area contributed by atoms with Crippen LogP contribution in [0.15, 0.2) is 54.6 Å². The van der Waals surface area contributed by atoms with E-state index in [4.69, 9.17) is 15.6 Å². The summed E-state index contributed by atoms with van der Waals surface area (Å²) in [4.78, 5) is 10.8. The summed E-state index contributed by atoms with van der Waals surface area (Å²) in [5.74, 6) is -1.06. The van der Waals surface area contributed by atoms with Crippen LogP contribution in [0.1, 0.15) is 22.8 Å². The van der Waals surface area contributed by atoms with E-state index in [2.05, 4.69) is 0 Å². The van der Waals surface area contributed by atoms with Crippen molar-refractivity contribution >= 4 is 5.97 Å². The number of nitrogens with two attached hydrogens (primary N) is 1. The third kappa shape index (κ3) is 3.90. The predicted molar refractivity (Wildman–Crippen MR) is 81.0 cm³/mol. The van der Waals surface area contributed by atoms with Crippen molar-refractivity contribution in [1.82, 2.24) is 0 Å². The Morgan fingerprint density at radius 1 is 1.14 bits per heavy atom. The van der Waals surface area contributed by atoms with Crippen LogP contribution in [0.25, 0.3) is 0 Å². The Bertz CT molecular complexity index is 598. The van der Waals surface area contributed by atoms with Crippen molar-refractivity contribution in [2.24, 2.45) is 5.73 Å². The van der Waals surface area contributed by atoms with Crippen molar-refractivity contribution in [3.05, 3.63) is 71.3 Å². The summed E-state index contributed by atoms with van der Waals surface area (Å²) >= 11 is 0. The lowest BCUT2D eigenvalue weighted by atomic mass is 9.97. The molecule has 4 heteroatoms. The number of benzene rings is 2. The molecule has 2 aromatic carbocycles. The summed E-state index contributed by atoms with van der Waals surface area (Å²) in [7, 11) is 0. The Labute approximate surface area is 124 Å². The molecule has 0 fully saturated rings. The van der Waals surface area contributed by atoms with Crippen molar-refractivity contribution in [1.29, 1.82) is 0 Å². The molecule has 4 nitrogen and oxygen atoms in total. The normalized spacial score (nSPS) is 13.6. The molecule has 21 heavy (non-hydrogen) atoms. The smallest absolute Gasteiger partial charge is 0.322 e. The standard InChI is InChI=1S/C17H19NO3/c1-12-7-5-6-10-14(12)16(13-8-3-2-4-9-13)21-11-15(18)17(19)20/h2-10,15-16H,11,18H2,1H3,(H,19,20)/t15-,16-/m1/s1. The van der Waals surface area contributed by atoms with E-state index in [1.165, 1.54) is 0 Å². The molecule has 0 aliphatic carbocycles. The number of aryl methyl sites for hydroxylation is 1. The number of carbonyl (C=O) groups is 1. The quantitative estimate of drug-likeness (QED) is 0.855. The molecule has 0 aliphatic heterocycles. The highest BCUT2D eigenvalue weighted by atomic mass is 16.5. The fraction of sp³-hybridized carbons (Fsp3) is 0.235. The summed E-state index contributed by atoms with van der Waals surface area (Å²) in [6.45, 7) is 1.97. The minimum Gasteiger partial charge on any atom is -0.480 e. The Hall–Kier alpha value is -2.17. The summed E-state index contributed by atoms with van der Waals surface area (Å²) in [5, 5.41) is 8.89. The SMILES string of the molecule is Cc1ccccc1[C@H](OC[C@@H](N)C(=O)O)c1ccccc1. The minimum atomic E-state index is -1.06. The second-order valence-electron chi connectivity index (χ2n) is 4.93. The van der Waals surface area contributed by atoms with Gasteiger partial charge in [-0.05, 0) is 23.6 Å².